The standard InChI is InChI=1S/C25H34N4O3/c1-17-6-7-20-14-19(8-9-23(20)29(17)18(2)30)21-15-26-28(16-21)22-10-12-27(13-11-22)24(31)32-25(3,4)5/h8-9,14-17,22H,6-7,10-13H2,1-5H3. The molecular weight excluding hydrogens is 404 g/mol. The molecule has 0 spiro atoms. The van der Waals surface area contributed by atoms with Gasteiger partial charge in [-0.1, -0.05) is 6.07 Å². The highest BCUT2D eigenvalue weighted by Crippen LogP contribution is 2.34. The Morgan fingerprint density at radius 2 is 1.81 bits per heavy atom. The SMILES string of the molecule is CC(=O)N1c2ccc(-c3cnn(C4CCN(C(=O)OC(C)(C)C)CC4)c3)cc2CCC1C. The number of fused-ring (bicyclic) bond motifs is 1. The summed E-state index contributed by atoms with van der Waals surface area (Å²) >= 11 is 0. The van der Waals surface area contributed by atoms with Gasteiger partial charge in [0.2, 0.25) is 5.91 Å². The van der Waals surface area contributed by atoms with E-state index in [9.17, 15) is 9.59 Å². The van der Waals surface area contributed by atoms with Gasteiger partial charge in [-0.2, -0.15) is 5.10 Å². The average molecular weight is 439 g/mol. The van der Waals surface area contributed by atoms with Gasteiger partial charge >= 0.3 is 6.09 Å². The second kappa shape index (κ2) is 8.60. The first-order chi connectivity index (χ1) is 15.1. The number of likely N-dealkylation sites (tertiary alicyclic amines) is 1. The fraction of sp³-hybridized carbons (Fsp3) is 0.560. The molecule has 2 aliphatic rings. The van der Waals surface area contributed by atoms with Crippen molar-refractivity contribution in [2.24, 2.45) is 0 Å². The molecule has 32 heavy (non-hydrogen) atoms. The van der Waals surface area contributed by atoms with E-state index in [2.05, 4.69) is 36.4 Å². The summed E-state index contributed by atoms with van der Waals surface area (Å²) in [5.74, 6) is 0.0942. The summed E-state index contributed by atoms with van der Waals surface area (Å²) in [4.78, 5) is 28.1. The number of ether oxygens (including phenoxy) is 1. The Bertz CT molecular complexity index is 999. The molecule has 0 radical (unpaired) electrons. The van der Waals surface area contributed by atoms with Crippen molar-refractivity contribution < 1.29 is 14.3 Å². The number of carbonyl (C=O) groups excluding carboxylic acids is 2. The van der Waals surface area contributed by atoms with E-state index in [1.54, 1.807) is 11.8 Å². The number of hydrogen-bond acceptors (Lipinski definition) is 4. The summed E-state index contributed by atoms with van der Waals surface area (Å²) in [6.45, 7) is 10.8. The molecule has 2 aliphatic heterocycles. The van der Waals surface area contributed by atoms with Crippen molar-refractivity contribution in [2.45, 2.75) is 78.0 Å². The lowest BCUT2D eigenvalue weighted by Crippen LogP contribution is -2.42. The van der Waals surface area contributed by atoms with E-state index < -0.39 is 5.60 Å². The first kappa shape index (κ1) is 22.4. The van der Waals surface area contributed by atoms with Crippen molar-refractivity contribution in [3.8, 4) is 11.1 Å². The van der Waals surface area contributed by atoms with Crippen molar-refractivity contribution >= 4 is 17.7 Å². The number of anilines is 1. The lowest BCUT2D eigenvalue weighted by molar-refractivity contribution is -0.117. The maximum Gasteiger partial charge on any atom is 0.410 e. The molecule has 1 fully saturated rings. The molecule has 2 aromatic rings. The van der Waals surface area contributed by atoms with Gasteiger partial charge in [-0.25, -0.2) is 4.79 Å². The maximum absolute atomic E-state index is 12.3. The number of piperidine rings is 1. The number of rotatable bonds is 2. The molecule has 1 aromatic heterocycles. The number of carbonyl (C=O) groups is 2. The number of aromatic nitrogens is 2. The van der Waals surface area contributed by atoms with Gasteiger partial charge in [-0.05, 0) is 76.6 Å². The molecule has 0 bridgehead atoms. The van der Waals surface area contributed by atoms with Gasteiger partial charge < -0.3 is 14.5 Å². The summed E-state index contributed by atoms with van der Waals surface area (Å²) in [5, 5.41) is 4.63. The Hall–Kier alpha value is -2.83. The molecule has 7 nitrogen and oxygen atoms in total. The third-order valence-electron chi connectivity index (χ3n) is 6.38. The average Bonchev–Trinajstić information content (AvgIpc) is 3.22. The molecule has 0 saturated carbocycles. The van der Waals surface area contributed by atoms with Crippen LogP contribution in [-0.4, -0.2) is 51.4 Å². The Balaban J connectivity index is 1.44. The van der Waals surface area contributed by atoms with E-state index in [-0.39, 0.29) is 24.1 Å². The van der Waals surface area contributed by atoms with Crippen LogP contribution in [0.5, 0.6) is 0 Å². The molecule has 7 heteroatoms. The van der Waals surface area contributed by atoms with Crippen LogP contribution in [0.2, 0.25) is 0 Å². The first-order valence-corrected chi connectivity index (χ1v) is 11.6. The first-order valence-electron chi connectivity index (χ1n) is 11.6. The third-order valence-corrected chi connectivity index (χ3v) is 6.38. The Labute approximate surface area is 190 Å². The number of aryl methyl sites for hydroxylation is 1. The fourth-order valence-corrected chi connectivity index (χ4v) is 4.74. The molecule has 0 aliphatic carbocycles. The van der Waals surface area contributed by atoms with E-state index in [0.717, 1.165) is 42.5 Å². The molecule has 1 aromatic carbocycles. The Kier molecular flexibility index (Phi) is 6.01. The van der Waals surface area contributed by atoms with E-state index in [4.69, 9.17) is 4.74 Å². The van der Waals surface area contributed by atoms with Gasteiger partial charge in [0, 0.05) is 43.5 Å². The van der Waals surface area contributed by atoms with Crippen molar-refractivity contribution in [1.82, 2.24) is 14.7 Å². The van der Waals surface area contributed by atoms with Gasteiger partial charge in [-0.15, -0.1) is 0 Å². The summed E-state index contributed by atoms with van der Waals surface area (Å²) in [7, 11) is 0. The third kappa shape index (κ3) is 4.66. The Morgan fingerprint density at radius 3 is 2.47 bits per heavy atom. The van der Waals surface area contributed by atoms with Crippen LogP contribution in [0.3, 0.4) is 0 Å². The van der Waals surface area contributed by atoms with Crippen molar-refractivity contribution in [3.05, 3.63) is 36.2 Å². The number of nitrogens with zero attached hydrogens (tertiary/aromatic N) is 4. The molecule has 172 valence electrons. The highest BCUT2D eigenvalue weighted by Gasteiger charge is 2.29. The van der Waals surface area contributed by atoms with Crippen LogP contribution in [-0.2, 0) is 16.0 Å². The zero-order valence-electron chi connectivity index (χ0n) is 19.8. The topological polar surface area (TPSA) is 67.7 Å². The Morgan fingerprint density at radius 1 is 1.09 bits per heavy atom. The second-order valence-corrected chi connectivity index (χ2v) is 10.0. The smallest absolute Gasteiger partial charge is 0.410 e. The van der Waals surface area contributed by atoms with Gasteiger partial charge in [0.25, 0.3) is 0 Å². The van der Waals surface area contributed by atoms with Crippen LogP contribution in [0.25, 0.3) is 11.1 Å². The van der Waals surface area contributed by atoms with Crippen LogP contribution in [0.15, 0.2) is 30.6 Å². The van der Waals surface area contributed by atoms with E-state index in [1.807, 2.05) is 36.5 Å². The minimum absolute atomic E-state index is 0.0942. The molecule has 0 N–H and O–H groups in total. The van der Waals surface area contributed by atoms with Crippen molar-refractivity contribution in [2.75, 3.05) is 18.0 Å². The summed E-state index contributed by atoms with van der Waals surface area (Å²) in [6.07, 6.45) is 7.45. The fourth-order valence-electron chi connectivity index (χ4n) is 4.74. The highest BCUT2D eigenvalue weighted by molar-refractivity contribution is 5.94. The lowest BCUT2D eigenvalue weighted by atomic mass is 9.93. The zero-order chi connectivity index (χ0) is 23.0. The van der Waals surface area contributed by atoms with Crippen molar-refractivity contribution in [1.29, 1.82) is 0 Å². The molecule has 1 atom stereocenters. The predicted octanol–water partition coefficient (Wildman–Crippen LogP) is 4.81. The molecule has 4 rings (SSSR count). The quantitative estimate of drug-likeness (QED) is 0.675. The second-order valence-electron chi connectivity index (χ2n) is 10.0. The monoisotopic (exact) mass is 438 g/mol. The van der Waals surface area contributed by atoms with E-state index in [0.29, 0.717) is 13.1 Å². The van der Waals surface area contributed by atoms with Crippen LogP contribution in [0.4, 0.5) is 10.5 Å². The summed E-state index contributed by atoms with van der Waals surface area (Å²) < 4.78 is 7.53. The number of benzene rings is 1. The zero-order valence-corrected chi connectivity index (χ0v) is 19.8. The maximum atomic E-state index is 12.3. The predicted molar refractivity (Wildman–Crippen MR) is 125 cm³/mol. The van der Waals surface area contributed by atoms with Gasteiger partial charge in [0.15, 0.2) is 0 Å². The molecular formula is C25H34N4O3. The van der Waals surface area contributed by atoms with Crippen LogP contribution in [0.1, 0.15) is 65.5 Å². The largest absolute Gasteiger partial charge is 0.444 e. The molecule has 1 unspecified atom stereocenters. The van der Waals surface area contributed by atoms with Gasteiger partial charge in [0.05, 0.1) is 12.2 Å². The van der Waals surface area contributed by atoms with Crippen LogP contribution >= 0.6 is 0 Å². The summed E-state index contributed by atoms with van der Waals surface area (Å²) in [5.41, 5.74) is 3.98. The lowest BCUT2D eigenvalue weighted by Gasteiger charge is -2.34. The molecule has 2 amide bonds. The minimum atomic E-state index is -0.473. The van der Waals surface area contributed by atoms with Gasteiger partial charge in [-0.3, -0.25) is 9.48 Å². The molecule has 1 saturated heterocycles. The van der Waals surface area contributed by atoms with Crippen LogP contribution < -0.4 is 4.90 Å². The van der Waals surface area contributed by atoms with Crippen molar-refractivity contribution in [3.63, 3.8) is 0 Å². The highest BCUT2D eigenvalue weighted by atomic mass is 16.6. The summed E-state index contributed by atoms with van der Waals surface area (Å²) in [6, 6.07) is 6.86. The van der Waals surface area contributed by atoms with E-state index in [1.165, 1.54) is 5.56 Å². The normalized spacial score (nSPS) is 19.6. The molecule has 3 heterocycles. The van der Waals surface area contributed by atoms with E-state index >= 15 is 0 Å². The minimum Gasteiger partial charge on any atom is -0.444 e. The number of amides is 2. The number of hydrogen-bond donors (Lipinski definition) is 0. The van der Waals surface area contributed by atoms with Crippen LogP contribution in [0, 0.1) is 0 Å². The van der Waals surface area contributed by atoms with Gasteiger partial charge in [0.1, 0.15) is 5.60 Å².